The largest absolute Gasteiger partial charge is 0.360 e. The number of carbonyl (C=O) groups is 1. The summed E-state index contributed by atoms with van der Waals surface area (Å²) in [7, 11) is 0. The molecule has 1 amide bonds. The van der Waals surface area contributed by atoms with Crippen molar-refractivity contribution < 1.29 is 4.79 Å². The second-order valence-electron chi connectivity index (χ2n) is 9.68. The van der Waals surface area contributed by atoms with Gasteiger partial charge in [-0.1, -0.05) is 47.5 Å². The van der Waals surface area contributed by atoms with E-state index in [9.17, 15) is 4.79 Å². The highest BCUT2D eigenvalue weighted by atomic mass is 32.1. The average Bonchev–Trinajstić information content (AvgIpc) is 2.95. The quantitative estimate of drug-likeness (QED) is 0.768. The topological polar surface area (TPSA) is 44.4 Å². The van der Waals surface area contributed by atoms with E-state index in [4.69, 9.17) is 12.2 Å². The molecule has 3 aliphatic rings. The molecule has 0 aromatic heterocycles. The number of likely N-dealkylation sites (tertiary alicyclic amines) is 1. The molecule has 0 bridgehead atoms. The SMILES string of the molecule is CC(C)(C)[C@H](NC(=S)NC1CCCC1)C(=O)N1C[C@@H]2[C@H](C1)C2(C)C. The minimum atomic E-state index is -0.264. The van der Waals surface area contributed by atoms with Gasteiger partial charge in [-0.05, 0) is 47.7 Å². The Labute approximate surface area is 152 Å². The Morgan fingerprint density at radius 2 is 1.71 bits per heavy atom. The third-order valence-corrected chi connectivity index (χ3v) is 6.75. The van der Waals surface area contributed by atoms with Gasteiger partial charge in [0.25, 0.3) is 0 Å². The van der Waals surface area contributed by atoms with Crippen LogP contribution in [0.1, 0.15) is 60.3 Å². The molecule has 2 N–H and O–H groups in total. The molecular formula is C19H33N3OS. The van der Waals surface area contributed by atoms with Crippen molar-refractivity contribution in [3.05, 3.63) is 0 Å². The maximum Gasteiger partial charge on any atom is 0.245 e. The van der Waals surface area contributed by atoms with Crippen molar-refractivity contribution in [3.8, 4) is 0 Å². The Balaban J connectivity index is 1.59. The van der Waals surface area contributed by atoms with Crippen LogP contribution in [0.5, 0.6) is 0 Å². The maximum absolute atomic E-state index is 13.1. The summed E-state index contributed by atoms with van der Waals surface area (Å²) < 4.78 is 0. The molecule has 5 heteroatoms. The normalized spacial score (nSPS) is 30.0. The van der Waals surface area contributed by atoms with Crippen molar-refractivity contribution in [1.82, 2.24) is 15.5 Å². The zero-order valence-electron chi connectivity index (χ0n) is 15.8. The lowest BCUT2D eigenvalue weighted by Gasteiger charge is -2.35. The molecular weight excluding hydrogens is 318 g/mol. The van der Waals surface area contributed by atoms with E-state index in [1.165, 1.54) is 25.7 Å². The van der Waals surface area contributed by atoms with E-state index in [0.717, 1.165) is 13.1 Å². The zero-order chi connectivity index (χ0) is 17.7. The fourth-order valence-electron chi connectivity index (χ4n) is 4.57. The molecule has 0 unspecified atom stereocenters. The minimum Gasteiger partial charge on any atom is -0.360 e. The van der Waals surface area contributed by atoms with Gasteiger partial charge >= 0.3 is 0 Å². The third kappa shape index (κ3) is 3.42. The van der Waals surface area contributed by atoms with Gasteiger partial charge in [0.2, 0.25) is 5.91 Å². The second-order valence-corrected chi connectivity index (χ2v) is 10.1. The number of piperidine rings is 1. The van der Waals surface area contributed by atoms with Crippen molar-refractivity contribution in [2.45, 2.75) is 72.4 Å². The Kier molecular flexibility index (Phi) is 4.61. The lowest BCUT2D eigenvalue weighted by molar-refractivity contribution is -0.135. The summed E-state index contributed by atoms with van der Waals surface area (Å²) in [4.78, 5) is 15.2. The summed E-state index contributed by atoms with van der Waals surface area (Å²) in [5, 5.41) is 7.39. The fourth-order valence-corrected chi connectivity index (χ4v) is 4.86. The molecule has 0 aromatic carbocycles. The molecule has 1 aliphatic heterocycles. The summed E-state index contributed by atoms with van der Waals surface area (Å²) >= 11 is 5.51. The highest BCUT2D eigenvalue weighted by molar-refractivity contribution is 7.80. The molecule has 3 atom stereocenters. The van der Waals surface area contributed by atoms with Gasteiger partial charge < -0.3 is 15.5 Å². The summed E-state index contributed by atoms with van der Waals surface area (Å²) in [6.45, 7) is 12.8. The highest BCUT2D eigenvalue weighted by Gasteiger charge is 2.63. The van der Waals surface area contributed by atoms with Crippen LogP contribution in [0, 0.1) is 22.7 Å². The molecule has 24 heavy (non-hydrogen) atoms. The first-order valence-corrected chi connectivity index (χ1v) is 9.87. The van der Waals surface area contributed by atoms with Gasteiger partial charge in [-0.3, -0.25) is 4.79 Å². The van der Waals surface area contributed by atoms with Crippen LogP contribution in [0.15, 0.2) is 0 Å². The van der Waals surface area contributed by atoms with E-state index in [-0.39, 0.29) is 17.4 Å². The highest BCUT2D eigenvalue weighted by Crippen LogP contribution is 2.62. The van der Waals surface area contributed by atoms with Crippen molar-refractivity contribution in [3.63, 3.8) is 0 Å². The monoisotopic (exact) mass is 351 g/mol. The van der Waals surface area contributed by atoms with Crippen LogP contribution in [-0.2, 0) is 4.79 Å². The fraction of sp³-hybridized carbons (Fsp3) is 0.895. The van der Waals surface area contributed by atoms with Crippen molar-refractivity contribution in [2.24, 2.45) is 22.7 Å². The molecule has 0 radical (unpaired) electrons. The molecule has 2 saturated carbocycles. The van der Waals surface area contributed by atoms with Crippen molar-refractivity contribution >= 4 is 23.2 Å². The summed E-state index contributed by atoms with van der Waals surface area (Å²) in [5.74, 6) is 1.58. The van der Waals surface area contributed by atoms with E-state index in [1.807, 2.05) is 0 Å². The van der Waals surface area contributed by atoms with Crippen molar-refractivity contribution in [2.75, 3.05) is 13.1 Å². The Bertz CT molecular complexity index is 505. The first-order valence-electron chi connectivity index (χ1n) is 9.46. The van der Waals surface area contributed by atoms with Crippen LogP contribution in [0.2, 0.25) is 0 Å². The number of rotatable bonds is 3. The minimum absolute atomic E-state index is 0.166. The number of thiocarbonyl (C=S) groups is 1. The number of fused-ring (bicyclic) bond motifs is 1. The standard InChI is InChI=1S/C19H33N3OS/c1-18(2,3)15(21-17(24)20-12-8-6-7-9-12)16(23)22-10-13-14(11-22)19(13,4)5/h12-15H,6-11H2,1-5H3,(H2,20,21,24)/t13-,14+,15-/m1/s1. The van der Waals surface area contributed by atoms with Crippen LogP contribution >= 0.6 is 12.2 Å². The van der Waals surface area contributed by atoms with Gasteiger partial charge in [0.15, 0.2) is 5.11 Å². The number of carbonyl (C=O) groups excluding carboxylic acids is 1. The molecule has 1 heterocycles. The smallest absolute Gasteiger partial charge is 0.245 e. The summed E-state index contributed by atoms with van der Waals surface area (Å²) in [6, 6.07) is 0.209. The maximum atomic E-state index is 13.1. The van der Waals surface area contributed by atoms with Crippen LogP contribution in [0.4, 0.5) is 0 Å². The number of nitrogens with zero attached hydrogens (tertiary/aromatic N) is 1. The van der Waals surface area contributed by atoms with Crippen LogP contribution < -0.4 is 10.6 Å². The second kappa shape index (κ2) is 6.15. The molecule has 2 aliphatic carbocycles. The van der Waals surface area contributed by atoms with Gasteiger partial charge in [-0.15, -0.1) is 0 Å². The third-order valence-electron chi connectivity index (χ3n) is 6.51. The van der Waals surface area contributed by atoms with Gasteiger partial charge in [0.05, 0.1) is 0 Å². The van der Waals surface area contributed by atoms with Gasteiger partial charge in [-0.2, -0.15) is 0 Å². The van der Waals surface area contributed by atoms with Crippen LogP contribution in [-0.4, -0.2) is 41.1 Å². The zero-order valence-corrected chi connectivity index (χ0v) is 16.6. The Morgan fingerprint density at radius 1 is 1.17 bits per heavy atom. The van der Waals surface area contributed by atoms with E-state index < -0.39 is 0 Å². The lowest BCUT2D eigenvalue weighted by atomic mass is 9.85. The van der Waals surface area contributed by atoms with E-state index in [0.29, 0.717) is 28.4 Å². The van der Waals surface area contributed by atoms with E-state index in [2.05, 4.69) is 50.2 Å². The lowest BCUT2D eigenvalue weighted by Crippen LogP contribution is -2.57. The van der Waals surface area contributed by atoms with Gasteiger partial charge in [0, 0.05) is 19.1 Å². The number of hydrogen-bond donors (Lipinski definition) is 2. The van der Waals surface area contributed by atoms with Crippen LogP contribution in [0.3, 0.4) is 0 Å². The molecule has 4 nitrogen and oxygen atoms in total. The Hall–Kier alpha value is -0.840. The molecule has 3 fully saturated rings. The summed E-state index contributed by atoms with van der Waals surface area (Å²) in [6.07, 6.45) is 4.91. The number of nitrogens with one attached hydrogen (secondary N) is 2. The van der Waals surface area contributed by atoms with E-state index >= 15 is 0 Å². The first-order chi connectivity index (χ1) is 11.1. The molecule has 0 aromatic rings. The number of amides is 1. The number of hydrogen-bond acceptors (Lipinski definition) is 2. The van der Waals surface area contributed by atoms with Gasteiger partial charge in [-0.25, -0.2) is 0 Å². The molecule has 136 valence electrons. The van der Waals surface area contributed by atoms with Crippen LogP contribution in [0.25, 0.3) is 0 Å². The molecule has 3 rings (SSSR count). The van der Waals surface area contributed by atoms with Crippen molar-refractivity contribution in [1.29, 1.82) is 0 Å². The van der Waals surface area contributed by atoms with Gasteiger partial charge in [0.1, 0.15) is 6.04 Å². The average molecular weight is 352 g/mol. The summed E-state index contributed by atoms with van der Waals surface area (Å²) in [5.41, 5.74) is 0.265. The van der Waals surface area contributed by atoms with E-state index in [1.54, 1.807) is 0 Å². The predicted molar refractivity (Wildman–Crippen MR) is 102 cm³/mol. The first kappa shape index (κ1) is 18.0. The molecule has 0 spiro atoms. The molecule has 1 saturated heterocycles. The predicted octanol–water partition coefficient (Wildman–Crippen LogP) is 2.92. The Morgan fingerprint density at radius 3 is 2.21 bits per heavy atom.